The van der Waals surface area contributed by atoms with Gasteiger partial charge in [-0.15, -0.1) is 10.2 Å². The van der Waals surface area contributed by atoms with Gasteiger partial charge in [0.1, 0.15) is 17.2 Å². The fourth-order valence-corrected chi connectivity index (χ4v) is 5.03. The largest absolute Gasteiger partial charge is 0.479 e. The van der Waals surface area contributed by atoms with Crippen LogP contribution < -0.4 is 10.1 Å². The second-order valence-corrected chi connectivity index (χ2v) is 9.21. The number of hydrogen-bond donors (Lipinski definition) is 1. The number of alkyl halides is 1. The SMILES string of the molecule is CCn1nnc2ccc(-c3ccn4nc(N[C@H]5CCN(C6(C#N)COC6)C[C@H]5F)nc(OC)c34)cc21. The van der Waals surface area contributed by atoms with Gasteiger partial charge in [-0.2, -0.15) is 10.2 Å². The van der Waals surface area contributed by atoms with Gasteiger partial charge in [-0.25, -0.2) is 13.6 Å². The molecule has 2 saturated heterocycles. The number of nitrogens with one attached hydrogen (secondary N) is 1. The van der Waals surface area contributed by atoms with Crippen molar-refractivity contribution in [2.75, 3.05) is 38.7 Å². The molecular weight excluding hydrogens is 465 g/mol. The Morgan fingerprint density at radius 2 is 2.19 bits per heavy atom. The van der Waals surface area contributed by atoms with Crippen LogP contribution in [-0.4, -0.2) is 85.7 Å². The second-order valence-electron chi connectivity index (χ2n) is 9.21. The Morgan fingerprint density at radius 1 is 1.33 bits per heavy atom. The van der Waals surface area contributed by atoms with E-state index in [2.05, 4.69) is 31.8 Å². The smallest absolute Gasteiger partial charge is 0.244 e. The number of piperidine rings is 1. The standard InChI is InChI=1S/C24H26FN9O2/c1-3-33-20-10-15(4-5-19(20)29-31-33)16-6-9-34-21(16)22(35-2)28-23(30-34)27-18-7-8-32(11-17(18)25)24(12-26)13-36-14-24/h4-6,9-10,17-18H,3,7-8,11,13-14H2,1-2H3,(H,27,30)/t17-,18+/m1/s1. The van der Waals surface area contributed by atoms with E-state index in [9.17, 15) is 5.26 Å². The minimum atomic E-state index is -1.18. The molecule has 2 atom stereocenters. The molecule has 1 aromatic carbocycles. The summed E-state index contributed by atoms with van der Waals surface area (Å²) in [6, 6.07) is 9.75. The molecule has 0 saturated carbocycles. The highest BCUT2D eigenvalue weighted by molar-refractivity contribution is 5.89. The number of nitrogens with zero attached hydrogens (tertiary/aromatic N) is 8. The summed E-state index contributed by atoms with van der Waals surface area (Å²) in [7, 11) is 1.56. The number of hydrogen-bond acceptors (Lipinski definition) is 9. The molecule has 0 amide bonds. The van der Waals surface area contributed by atoms with Crippen LogP contribution in [0.1, 0.15) is 13.3 Å². The zero-order chi connectivity index (χ0) is 24.9. The van der Waals surface area contributed by atoms with Crippen molar-refractivity contribution < 1.29 is 13.9 Å². The molecule has 5 heterocycles. The summed E-state index contributed by atoms with van der Waals surface area (Å²) in [6.07, 6.45) is 1.17. The van der Waals surface area contributed by atoms with Gasteiger partial charge in [0.2, 0.25) is 11.8 Å². The lowest BCUT2D eigenvalue weighted by Gasteiger charge is -2.48. The van der Waals surface area contributed by atoms with Crippen molar-refractivity contribution in [1.29, 1.82) is 5.26 Å². The van der Waals surface area contributed by atoms with Gasteiger partial charge in [0, 0.05) is 31.4 Å². The van der Waals surface area contributed by atoms with Gasteiger partial charge >= 0.3 is 0 Å². The molecule has 0 aliphatic carbocycles. The fourth-order valence-electron chi connectivity index (χ4n) is 5.03. The molecule has 0 bridgehead atoms. The first-order valence-corrected chi connectivity index (χ1v) is 12.0. The number of ether oxygens (including phenoxy) is 2. The number of nitriles is 1. The normalized spacial score (nSPS) is 21.8. The predicted molar refractivity (Wildman–Crippen MR) is 129 cm³/mol. The van der Waals surface area contributed by atoms with Crippen molar-refractivity contribution in [2.45, 2.75) is 37.6 Å². The highest BCUT2D eigenvalue weighted by Gasteiger charge is 2.48. The van der Waals surface area contributed by atoms with E-state index in [-0.39, 0.29) is 12.5 Å². The van der Waals surface area contributed by atoms with Gasteiger partial charge < -0.3 is 14.8 Å². The van der Waals surface area contributed by atoms with E-state index in [1.54, 1.807) is 11.6 Å². The monoisotopic (exact) mass is 491 g/mol. The highest BCUT2D eigenvalue weighted by atomic mass is 19.1. The van der Waals surface area contributed by atoms with Crippen molar-refractivity contribution in [3.05, 3.63) is 30.5 Å². The minimum Gasteiger partial charge on any atom is -0.479 e. The molecule has 4 aromatic rings. The molecule has 2 fully saturated rings. The Morgan fingerprint density at radius 3 is 2.89 bits per heavy atom. The van der Waals surface area contributed by atoms with Crippen LogP contribution in [0.15, 0.2) is 30.5 Å². The zero-order valence-corrected chi connectivity index (χ0v) is 20.1. The van der Waals surface area contributed by atoms with Crippen molar-refractivity contribution in [3.63, 3.8) is 0 Å². The van der Waals surface area contributed by atoms with Gasteiger partial charge in [0.15, 0.2) is 5.54 Å². The number of rotatable bonds is 6. The quantitative estimate of drug-likeness (QED) is 0.433. The Bertz CT molecular complexity index is 1470. The molecule has 1 N–H and O–H groups in total. The Kier molecular flexibility index (Phi) is 5.46. The van der Waals surface area contributed by atoms with Crippen LogP contribution in [0.25, 0.3) is 27.7 Å². The van der Waals surface area contributed by atoms with E-state index in [0.29, 0.717) is 37.6 Å². The summed E-state index contributed by atoms with van der Waals surface area (Å²) in [5.41, 5.74) is 3.65. The summed E-state index contributed by atoms with van der Waals surface area (Å²) in [5.74, 6) is 0.672. The number of aromatic nitrogens is 6. The molecular formula is C24H26FN9O2. The molecule has 3 aromatic heterocycles. The molecule has 6 rings (SSSR count). The van der Waals surface area contributed by atoms with Crippen molar-refractivity contribution in [3.8, 4) is 23.1 Å². The summed E-state index contributed by atoms with van der Waals surface area (Å²) in [4.78, 5) is 6.44. The Balaban J connectivity index is 1.27. The third-order valence-electron chi connectivity index (χ3n) is 7.15. The molecule has 186 valence electrons. The summed E-state index contributed by atoms with van der Waals surface area (Å²) in [5, 5.41) is 25.7. The molecule has 2 aliphatic rings. The Labute approximate surface area is 206 Å². The Hall–Kier alpha value is -3.82. The molecule has 0 radical (unpaired) electrons. The van der Waals surface area contributed by atoms with Gasteiger partial charge in [0.25, 0.3) is 0 Å². The van der Waals surface area contributed by atoms with E-state index in [4.69, 9.17) is 9.47 Å². The molecule has 12 heteroatoms. The second kappa shape index (κ2) is 8.69. The third kappa shape index (κ3) is 3.54. The number of anilines is 1. The van der Waals surface area contributed by atoms with Crippen LogP contribution in [0.2, 0.25) is 0 Å². The van der Waals surface area contributed by atoms with Gasteiger partial charge in [-0.1, -0.05) is 11.3 Å². The number of likely N-dealkylation sites (tertiary alicyclic amines) is 1. The van der Waals surface area contributed by atoms with Crippen LogP contribution >= 0.6 is 0 Å². The number of halogens is 1. The lowest BCUT2D eigenvalue weighted by Crippen LogP contribution is -2.65. The van der Waals surface area contributed by atoms with E-state index in [1.165, 1.54) is 0 Å². The number of fused-ring (bicyclic) bond motifs is 2. The third-order valence-corrected chi connectivity index (χ3v) is 7.15. The minimum absolute atomic E-state index is 0.160. The van der Waals surface area contributed by atoms with Crippen LogP contribution in [0.4, 0.5) is 10.3 Å². The van der Waals surface area contributed by atoms with Crippen molar-refractivity contribution in [1.82, 2.24) is 34.5 Å². The number of methoxy groups -OCH3 is 1. The summed E-state index contributed by atoms with van der Waals surface area (Å²) in [6.45, 7) is 4.14. The molecule has 36 heavy (non-hydrogen) atoms. The fraction of sp³-hybridized carbons (Fsp3) is 0.458. The first kappa shape index (κ1) is 22.6. The molecule has 0 spiro atoms. The maximum absolute atomic E-state index is 15.1. The zero-order valence-electron chi connectivity index (χ0n) is 20.1. The maximum atomic E-state index is 15.1. The molecule has 0 unspecified atom stereocenters. The number of benzene rings is 1. The van der Waals surface area contributed by atoms with E-state index >= 15 is 4.39 Å². The first-order valence-electron chi connectivity index (χ1n) is 12.0. The summed E-state index contributed by atoms with van der Waals surface area (Å²) < 4.78 is 29.5. The first-order chi connectivity index (χ1) is 17.5. The van der Waals surface area contributed by atoms with E-state index in [1.807, 2.05) is 47.0 Å². The number of aryl methyl sites for hydroxylation is 1. The van der Waals surface area contributed by atoms with Gasteiger partial charge in [0.05, 0.1) is 38.0 Å². The van der Waals surface area contributed by atoms with Crippen molar-refractivity contribution in [2.24, 2.45) is 0 Å². The van der Waals surface area contributed by atoms with Crippen LogP contribution in [0.3, 0.4) is 0 Å². The van der Waals surface area contributed by atoms with Crippen LogP contribution in [0, 0.1) is 11.3 Å². The van der Waals surface area contributed by atoms with Crippen LogP contribution in [-0.2, 0) is 11.3 Å². The predicted octanol–water partition coefficient (Wildman–Crippen LogP) is 2.29. The van der Waals surface area contributed by atoms with Gasteiger partial charge in [-0.3, -0.25) is 4.90 Å². The van der Waals surface area contributed by atoms with E-state index in [0.717, 1.165) is 28.7 Å². The highest BCUT2D eigenvalue weighted by Crippen LogP contribution is 2.34. The molecule has 11 nitrogen and oxygen atoms in total. The van der Waals surface area contributed by atoms with Crippen molar-refractivity contribution >= 4 is 22.5 Å². The summed E-state index contributed by atoms with van der Waals surface area (Å²) >= 11 is 0. The topological polar surface area (TPSA) is 118 Å². The average Bonchev–Trinajstić information content (AvgIpc) is 3.48. The molecule has 2 aliphatic heterocycles. The lowest BCUT2D eigenvalue weighted by atomic mass is 9.92. The lowest BCUT2D eigenvalue weighted by molar-refractivity contribution is -0.121. The maximum Gasteiger partial charge on any atom is 0.244 e. The van der Waals surface area contributed by atoms with E-state index < -0.39 is 17.8 Å². The average molecular weight is 492 g/mol. The van der Waals surface area contributed by atoms with Crippen LogP contribution in [0.5, 0.6) is 5.88 Å². The van der Waals surface area contributed by atoms with Gasteiger partial charge in [-0.05, 0) is 37.1 Å².